The van der Waals surface area contributed by atoms with Crippen LogP contribution in [0, 0.1) is 14.9 Å². The normalized spacial score (nSPS) is 19.5. The van der Waals surface area contributed by atoms with Gasteiger partial charge in [-0.2, -0.15) is 5.26 Å². The van der Waals surface area contributed by atoms with Gasteiger partial charge in [-0.1, -0.05) is 0 Å². The lowest BCUT2D eigenvalue weighted by Gasteiger charge is -2.30. The molecule has 1 aliphatic rings. The van der Waals surface area contributed by atoms with E-state index in [1.54, 1.807) is 6.20 Å². The first kappa shape index (κ1) is 10.8. The fraction of sp³-hybridized carbons (Fsp3) is 0.455. The molecule has 78 valence electrons. The zero-order valence-corrected chi connectivity index (χ0v) is 10.5. The summed E-state index contributed by atoms with van der Waals surface area (Å²) in [6, 6.07) is 6.43. The second-order valence-electron chi connectivity index (χ2n) is 3.80. The Labute approximate surface area is 103 Å². The third-order valence-electron chi connectivity index (χ3n) is 2.88. The molecule has 1 aromatic heterocycles. The van der Waals surface area contributed by atoms with E-state index < -0.39 is 0 Å². The van der Waals surface area contributed by atoms with Crippen LogP contribution >= 0.6 is 22.6 Å². The summed E-state index contributed by atoms with van der Waals surface area (Å²) >= 11 is 2.26. The lowest BCUT2D eigenvalue weighted by molar-refractivity contribution is 0.374. The van der Waals surface area contributed by atoms with Crippen LogP contribution in [0.3, 0.4) is 0 Å². The number of piperidine rings is 1. The molecule has 0 bridgehead atoms. The minimum atomic E-state index is -0.369. The van der Waals surface area contributed by atoms with E-state index in [2.05, 4.69) is 39.0 Å². The van der Waals surface area contributed by atoms with Gasteiger partial charge in [0.05, 0.1) is 11.8 Å². The van der Waals surface area contributed by atoms with Crippen LogP contribution in [0.2, 0.25) is 0 Å². The number of nitrogens with zero attached hydrogens (tertiary/aromatic N) is 2. The zero-order valence-electron chi connectivity index (χ0n) is 8.33. The van der Waals surface area contributed by atoms with E-state index in [1.165, 1.54) is 0 Å². The number of hydrogen-bond donors (Lipinski definition) is 1. The maximum absolute atomic E-state index is 9.37. The van der Waals surface area contributed by atoms with Crippen LogP contribution in [0.4, 0.5) is 0 Å². The molecule has 2 rings (SSSR count). The molecule has 0 radical (unpaired) electrons. The van der Waals surface area contributed by atoms with Crippen molar-refractivity contribution >= 4 is 22.6 Å². The molecule has 1 N–H and O–H groups in total. The lowest BCUT2D eigenvalue weighted by atomic mass is 9.77. The van der Waals surface area contributed by atoms with Gasteiger partial charge in [-0.25, -0.2) is 0 Å². The van der Waals surface area contributed by atoms with Gasteiger partial charge in [-0.3, -0.25) is 4.98 Å². The summed E-state index contributed by atoms with van der Waals surface area (Å²) in [6.07, 6.45) is 3.51. The van der Waals surface area contributed by atoms with Gasteiger partial charge in [0.2, 0.25) is 0 Å². The number of pyridine rings is 1. The van der Waals surface area contributed by atoms with Gasteiger partial charge in [0.1, 0.15) is 5.41 Å². The highest BCUT2D eigenvalue weighted by Crippen LogP contribution is 2.31. The van der Waals surface area contributed by atoms with E-state index in [9.17, 15) is 5.26 Å². The Morgan fingerprint density at radius 3 is 2.80 bits per heavy atom. The van der Waals surface area contributed by atoms with Crippen molar-refractivity contribution in [2.24, 2.45) is 0 Å². The Morgan fingerprint density at radius 2 is 2.20 bits per heavy atom. The molecule has 3 nitrogen and oxygen atoms in total. The second-order valence-corrected chi connectivity index (χ2v) is 5.05. The molecule has 15 heavy (non-hydrogen) atoms. The van der Waals surface area contributed by atoms with Gasteiger partial charge >= 0.3 is 0 Å². The third kappa shape index (κ3) is 2.13. The Kier molecular flexibility index (Phi) is 3.22. The van der Waals surface area contributed by atoms with Crippen LogP contribution in [0.5, 0.6) is 0 Å². The monoisotopic (exact) mass is 313 g/mol. The van der Waals surface area contributed by atoms with Crippen LogP contribution < -0.4 is 5.32 Å². The number of nitrogens with one attached hydrogen (secondary N) is 1. The Hall–Kier alpha value is -0.670. The van der Waals surface area contributed by atoms with Gasteiger partial charge in [-0.15, -0.1) is 0 Å². The van der Waals surface area contributed by atoms with Gasteiger partial charge in [0.15, 0.2) is 0 Å². The van der Waals surface area contributed by atoms with E-state index in [0.29, 0.717) is 0 Å². The van der Waals surface area contributed by atoms with E-state index >= 15 is 0 Å². The fourth-order valence-electron chi connectivity index (χ4n) is 1.95. The SMILES string of the molecule is N#CC1(c2cc(I)ccn2)CCNCC1. The zero-order chi connectivity index (χ0) is 10.7. The summed E-state index contributed by atoms with van der Waals surface area (Å²) in [4.78, 5) is 4.35. The molecule has 0 saturated carbocycles. The molecule has 4 heteroatoms. The molecule has 0 amide bonds. The first-order valence-electron chi connectivity index (χ1n) is 5.01. The number of aromatic nitrogens is 1. The fourth-order valence-corrected chi connectivity index (χ4v) is 2.40. The smallest absolute Gasteiger partial charge is 0.102 e. The molecule has 1 aliphatic heterocycles. The average Bonchev–Trinajstić information content (AvgIpc) is 2.30. The highest BCUT2D eigenvalue weighted by Gasteiger charge is 2.35. The van der Waals surface area contributed by atoms with Crippen molar-refractivity contribution in [2.45, 2.75) is 18.3 Å². The third-order valence-corrected chi connectivity index (χ3v) is 3.55. The molecule has 2 heterocycles. The molecule has 0 atom stereocenters. The number of hydrogen-bond acceptors (Lipinski definition) is 3. The van der Waals surface area contributed by atoms with Crippen LogP contribution in [-0.4, -0.2) is 18.1 Å². The van der Waals surface area contributed by atoms with E-state index in [1.807, 2.05) is 12.1 Å². The van der Waals surface area contributed by atoms with Crippen molar-refractivity contribution in [3.8, 4) is 6.07 Å². The number of halogens is 1. The van der Waals surface area contributed by atoms with Gasteiger partial charge in [0, 0.05) is 9.77 Å². The molecule has 1 aromatic rings. The quantitative estimate of drug-likeness (QED) is 0.805. The van der Waals surface area contributed by atoms with Crippen LogP contribution in [0.15, 0.2) is 18.3 Å². The van der Waals surface area contributed by atoms with E-state index in [0.717, 1.165) is 35.2 Å². The molecule has 0 aromatic carbocycles. The minimum absolute atomic E-state index is 0.369. The molecule has 0 spiro atoms. The maximum Gasteiger partial charge on any atom is 0.102 e. The van der Waals surface area contributed by atoms with E-state index in [4.69, 9.17) is 0 Å². The van der Waals surface area contributed by atoms with Crippen molar-refractivity contribution in [1.82, 2.24) is 10.3 Å². The van der Waals surface area contributed by atoms with Crippen LogP contribution in [0.25, 0.3) is 0 Å². The summed E-state index contributed by atoms with van der Waals surface area (Å²) in [6.45, 7) is 1.81. The predicted molar refractivity (Wildman–Crippen MR) is 66.3 cm³/mol. The summed E-state index contributed by atoms with van der Waals surface area (Å²) in [5.74, 6) is 0. The van der Waals surface area contributed by atoms with Crippen molar-refractivity contribution in [1.29, 1.82) is 5.26 Å². The molecule has 0 unspecified atom stereocenters. The Bertz CT molecular complexity index is 391. The first-order valence-corrected chi connectivity index (χ1v) is 6.09. The number of nitriles is 1. The first-order chi connectivity index (χ1) is 7.27. The predicted octanol–water partition coefficient (Wildman–Crippen LogP) is 1.83. The van der Waals surface area contributed by atoms with E-state index in [-0.39, 0.29) is 5.41 Å². The van der Waals surface area contributed by atoms with Crippen LogP contribution in [-0.2, 0) is 5.41 Å². The molecule has 0 aliphatic carbocycles. The van der Waals surface area contributed by atoms with Crippen LogP contribution in [0.1, 0.15) is 18.5 Å². The summed E-state index contributed by atoms with van der Waals surface area (Å²) in [5, 5.41) is 12.6. The summed E-state index contributed by atoms with van der Waals surface area (Å²) < 4.78 is 1.14. The highest BCUT2D eigenvalue weighted by atomic mass is 127. The second kappa shape index (κ2) is 4.45. The maximum atomic E-state index is 9.37. The molecule has 1 fully saturated rings. The average molecular weight is 313 g/mol. The molecule has 1 saturated heterocycles. The topological polar surface area (TPSA) is 48.7 Å². The molecular weight excluding hydrogens is 301 g/mol. The van der Waals surface area contributed by atoms with Crippen molar-refractivity contribution in [3.05, 3.63) is 27.6 Å². The Morgan fingerprint density at radius 1 is 1.47 bits per heavy atom. The van der Waals surface area contributed by atoms with Gasteiger partial charge in [0.25, 0.3) is 0 Å². The van der Waals surface area contributed by atoms with Crippen molar-refractivity contribution in [3.63, 3.8) is 0 Å². The van der Waals surface area contributed by atoms with Crippen molar-refractivity contribution < 1.29 is 0 Å². The molecular formula is C11H12IN3. The standard InChI is InChI=1S/C11H12IN3/c12-9-1-4-15-10(7-9)11(8-13)2-5-14-6-3-11/h1,4,7,14H,2-3,5-6H2. The number of rotatable bonds is 1. The largest absolute Gasteiger partial charge is 0.317 e. The summed E-state index contributed by atoms with van der Waals surface area (Å²) in [5.41, 5.74) is 0.560. The van der Waals surface area contributed by atoms with Gasteiger partial charge in [-0.05, 0) is 60.7 Å². The lowest BCUT2D eigenvalue weighted by Crippen LogP contribution is -2.39. The van der Waals surface area contributed by atoms with Gasteiger partial charge < -0.3 is 5.32 Å². The Balaban J connectivity index is 2.37. The highest BCUT2D eigenvalue weighted by molar-refractivity contribution is 14.1. The minimum Gasteiger partial charge on any atom is -0.317 e. The summed E-state index contributed by atoms with van der Waals surface area (Å²) in [7, 11) is 0. The van der Waals surface area contributed by atoms with Crippen molar-refractivity contribution in [2.75, 3.05) is 13.1 Å².